The molecule has 2 rings (SSSR count). The van der Waals surface area contributed by atoms with Gasteiger partial charge in [0, 0.05) is 6.04 Å². The summed E-state index contributed by atoms with van der Waals surface area (Å²) in [7, 11) is 1.50. The van der Waals surface area contributed by atoms with Crippen LogP contribution in [0, 0.1) is 5.92 Å². The molecule has 0 aromatic heterocycles. The quantitative estimate of drug-likeness (QED) is 0.866. The molecule has 1 aromatic carbocycles. The van der Waals surface area contributed by atoms with E-state index in [1.165, 1.54) is 7.11 Å². The van der Waals surface area contributed by atoms with Gasteiger partial charge in [0.25, 0.3) is 5.91 Å². The van der Waals surface area contributed by atoms with E-state index in [2.05, 4.69) is 5.32 Å². The molecule has 0 unspecified atom stereocenters. The Morgan fingerprint density at radius 1 is 1.32 bits per heavy atom. The molecular weight excluding hydrogens is 246 g/mol. The summed E-state index contributed by atoms with van der Waals surface area (Å²) in [5.41, 5.74) is 0.432. The van der Waals surface area contributed by atoms with Crippen molar-refractivity contribution >= 4 is 11.9 Å². The number of amides is 1. The normalized spacial score (nSPS) is 21.9. The van der Waals surface area contributed by atoms with Crippen LogP contribution in [0.25, 0.3) is 0 Å². The first kappa shape index (κ1) is 13.4. The highest BCUT2D eigenvalue weighted by molar-refractivity contribution is 5.97. The molecule has 1 saturated carbocycles. The second kappa shape index (κ2) is 5.73. The minimum Gasteiger partial charge on any atom is -0.496 e. The number of carbonyl (C=O) groups is 2. The zero-order valence-electron chi connectivity index (χ0n) is 10.8. The summed E-state index contributed by atoms with van der Waals surface area (Å²) in [4.78, 5) is 23.2. The molecule has 0 saturated heterocycles. The van der Waals surface area contributed by atoms with E-state index in [1.807, 2.05) is 0 Å². The lowest BCUT2D eigenvalue weighted by Crippen LogP contribution is -2.40. The Kier molecular flexibility index (Phi) is 4.04. The first-order valence-electron chi connectivity index (χ1n) is 6.30. The average Bonchev–Trinajstić information content (AvgIpc) is 2.87. The number of rotatable bonds is 4. The van der Waals surface area contributed by atoms with Gasteiger partial charge < -0.3 is 15.2 Å². The predicted molar refractivity (Wildman–Crippen MR) is 69.2 cm³/mol. The lowest BCUT2D eigenvalue weighted by molar-refractivity contribution is -0.142. The van der Waals surface area contributed by atoms with Gasteiger partial charge in [0.05, 0.1) is 18.6 Å². The highest BCUT2D eigenvalue weighted by Crippen LogP contribution is 2.27. The Labute approximate surface area is 111 Å². The molecule has 0 radical (unpaired) electrons. The number of carboxylic acids is 1. The van der Waals surface area contributed by atoms with E-state index in [0.717, 1.165) is 6.42 Å². The van der Waals surface area contributed by atoms with E-state index >= 15 is 0 Å². The second-order valence-electron chi connectivity index (χ2n) is 4.66. The van der Waals surface area contributed by atoms with Crippen molar-refractivity contribution in [1.29, 1.82) is 0 Å². The molecular formula is C14H17NO4. The number of para-hydroxylation sites is 1. The number of methoxy groups -OCH3 is 1. The first-order chi connectivity index (χ1) is 9.13. The smallest absolute Gasteiger partial charge is 0.308 e. The average molecular weight is 263 g/mol. The van der Waals surface area contributed by atoms with E-state index in [9.17, 15) is 9.59 Å². The Bertz CT molecular complexity index is 486. The van der Waals surface area contributed by atoms with Crippen LogP contribution in [0.2, 0.25) is 0 Å². The van der Waals surface area contributed by atoms with Crippen molar-refractivity contribution in [2.75, 3.05) is 7.11 Å². The van der Waals surface area contributed by atoms with Crippen molar-refractivity contribution < 1.29 is 19.4 Å². The maximum atomic E-state index is 12.2. The Balaban J connectivity index is 2.10. The van der Waals surface area contributed by atoms with Crippen molar-refractivity contribution in [3.8, 4) is 5.75 Å². The molecule has 19 heavy (non-hydrogen) atoms. The number of carbonyl (C=O) groups excluding carboxylic acids is 1. The number of ether oxygens (including phenoxy) is 1. The van der Waals surface area contributed by atoms with E-state index in [0.29, 0.717) is 24.2 Å². The molecule has 102 valence electrons. The lowest BCUT2D eigenvalue weighted by atomic mass is 10.0. The molecule has 0 bridgehead atoms. The van der Waals surface area contributed by atoms with Crippen LogP contribution in [0.5, 0.6) is 5.75 Å². The van der Waals surface area contributed by atoms with Crippen LogP contribution in [0.15, 0.2) is 24.3 Å². The first-order valence-corrected chi connectivity index (χ1v) is 6.30. The van der Waals surface area contributed by atoms with Gasteiger partial charge in [-0.2, -0.15) is 0 Å². The van der Waals surface area contributed by atoms with E-state index in [1.54, 1.807) is 24.3 Å². The third-order valence-corrected chi connectivity index (χ3v) is 3.50. The van der Waals surface area contributed by atoms with Gasteiger partial charge in [-0.05, 0) is 25.0 Å². The number of hydrogen-bond acceptors (Lipinski definition) is 3. The number of hydrogen-bond donors (Lipinski definition) is 2. The van der Waals surface area contributed by atoms with Gasteiger partial charge >= 0.3 is 5.97 Å². The highest BCUT2D eigenvalue weighted by atomic mass is 16.5. The van der Waals surface area contributed by atoms with E-state index < -0.39 is 11.9 Å². The molecule has 1 aliphatic carbocycles. The van der Waals surface area contributed by atoms with Gasteiger partial charge in [-0.3, -0.25) is 9.59 Å². The summed E-state index contributed by atoms with van der Waals surface area (Å²) in [5, 5.41) is 11.9. The fourth-order valence-corrected chi connectivity index (χ4v) is 2.51. The third-order valence-electron chi connectivity index (χ3n) is 3.50. The van der Waals surface area contributed by atoms with E-state index in [4.69, 9.17) is 9.84 Å². The third kappa shape index (κ3) is 2.86. The zero-order chi connectivity index (χ0) is 13.8. The number of carboxylic acid groups (broad SMARTS) is 1. The lowest BCUT2D eigenvalue weighted by Gasteiger charge is -2.18. The molecule has 0 spiro atoms. The van der Waals surface area contributed by atoms with Crippen molar-refractivity contribution in [2.45, 2.75) is 25.3 Å². The van der Waals surface area contributed by atoms with Crippen LogP contribution in [-0.4, -0.2) is 30.1 Å². The van der Waals surface area contributed by atoms with Gasteiger partial charge in [0.2, 0.25) is 0 Å². The summed E-state index contributed by atoms with van der Waals surface area (Å²) >= 11 is 0. The number of aliphatic carboxylic acids is 1. The summed E-state index contributed by atoms with van der Waals surface area (Å²) in [5.74, 6) is -1.12. The minimum atomic E-state index is -0.845. The summed E-state index contributed by atoms with van der Waals surface area (Å²) in [6.45, 7) is 0. The molecule has 1 aliphatic rings. The summed E-state index contributed by atoms with van der Waals surface area (Å²) in [6, 6.07) is 6.61. The molecule has 0 heterocycles. The van der Waals surface area contributed by atoms with Crippen LogP contribution in [0.4, 0.5) is 0 Å². The summed E-state index contributed by atoms with van der Waals surface area (Å²) in [6.07, 6.45) is 2.15. The van der Waals surface area contributed by atoms with E-state index in [-0.39, 0.29) is 11.9 Å². The Hall–Kier alpha value is -2.04. The van der Waals surface area contributed by atoms with Gasteiger partial charge in [-0.1, -0.05) is 18.6 Å². The molecule has 1 aromatic rings. The predicted octanol–water partition coefficient (Wildman–Crippen LogP) is 1.68. The zero-order valence-corrected chi connectivity index (χ0v) is 10.8. The molecule has 2 N–H and O–H groups in total. The Morgan fingerprint density at radius 3 is 2.74 bits per heavy atom. The van der Waals surface area contributed by atoms with Crippen molar-refractivity contribution in [2.24, 2.45) is 5.92 Å². The molecule has 1 amide bonds. The maximum Gasteiger partial charge on any atom is 0.308 e. The van der Waals surface area contributed by atoms with Crippen molar-refractivity contribution in [3.63, 3.8) is 0 Å². The van der Waals surface area contributed by atoms with Gasteiger partial charge in [-0.25, -0.2) is 0 Å². The van der Waals surface area contributed by atoms with Crippen molar-refractivity contribution in [1.82, 2.24) is 5.32 Å². The fraction of sp³-hybridized carbons (Fsp3) is 0.429. The van der Waals surface area contributed by atoms with Gasteiger partial charge in [0.15, 0.2) is 0 Å². The monoisotopic (exact) mass is 263 g/mol. The fourth-order valence-electron chi connectivity index (χ4n) is 2.51. The minimum absolute atomic E-state index is 0.282. The Morgan fingerprint density at radius 2 is 2.05 bits per heavy atom. The van der Waals surface area contributed by atoms with Crippen LogP contribution >= 0.6 is 0 Å². The highest BCUT2D eigenvalue weighted by Gasteiger charge is 2.34. The standard InChI is InChI=1S/C14H17NO4/c1-19-12-8-3-2-5-10(12)13(16)15-11-7-4-6-9(11)14(17)18/h2-3,5,8-9,11H,4,6-7H2,1H3,(H,15,16)(H,17,18)/t9-,11-/m0/s1. The van der Waals surface area contributed by atoms with Gasteiger partial charge in [-0.15, -0.1) is 0 Å². The van der Waals surface area contributed by atoms with Crippen LogP contribution in [-0.2, 0) is 4.79 Å². The molecule has 2 atom stereocenters. The number of nitrogens with one attached hydrogen (secondary N) is 1. The molecule has 5 nitrogen and oxygen atoms in total. The maximum absolute atomic E-state index is 12.2. The molecule has 1 fully saturated rings. The SMILES string of the molecule is COc1ccccc1C(=O)N[C@H]1CCC[C@@H]1C(=O)O. The largest absolute Gasteiger partial charge is 0.496 e. The van der Waals surface area contributed by atoms with Crippen LogP contribution < -0.4 is 10.1 Å². The van der Waals surface area contributed by atoms with Gasteiger partial charge in [0.1, 0.15) is 5.75 Å². The van der Waals surface area contributed by atoms with Crippen LogP contribution in [0.1, 0.15) is 29.6 Å². The molecule has 0 aliphatic heterocycles. The van der Waals surface area contributed by atoms with Crippen molar-refractivity contribution in [3.05, 3.63) is 29.8 Å². The topological polar surface area (TPSA) is 75.6 Å². The molecule has 5 heteroatoms. The number of benzene rings is 1. The second-order valence-corrected chi connectivity index (χ2v) is 4.66. The van der Waals surface area contributed by atoms with Crippen LogP contribution in [0.3, 0.4) is 0 Å². The summed E-state index contributed by atoms with van der Waals surface area (Å²) < 4.78 is 5.13.